The van der Waals surface area contributed by atoms with Crippen molar-refractivity contribution in [2.45, 2.75) is 46.8 Å². The van der Waals surface area contributed by atoms with E-state index in [-0.39, 0.29) is 18.4 Å². The van der Waals surface area contributed by atoms with Gasteiger partial charge in [0.1, 0.15) is 5.60 Å². The van der Waals surface area contributed by atoms with Gasteiger partial charge in [-0.25, -0.2) is 4.79 Å². The van der Waals surface area contributed by atoms with Crippen molar-refractivity contribution in [2.24, 2.45) is 5.73 Å². The summed E-state index contributed by atoms with van der Waals surface area (Å²) in [7, 11) is -5.15. The van der Waals surface area contributed by atoms with Crippen LogP contribution < -0.4 is 14.8 Å². The average Bonchev–Trinajstić information content (AvgIpc) is 2.55. The van der Waals surface area contributed by atoms with Gasteiger partial charge >= 0.3 is 16.6 Å². The second-order valence-corrected chi connectivity index (χ2v) is 8.72. The monoisotopic (exact) mass is 417 g/mol. The van der Waals surface area contributed by atoms with Crippen LogP contribution in [0.2, 0.25) is 0 Å². The summed E-state index contributed by atoms with van der Waals surface area (Å²) in [6.45, 7) is 11.0. The molecule has 8 nitrogen and oxygen atoms in total. The maximum atomic E-state index is 13.1. The van der Waals surface area contributed by atoms with Crippen LogP contribution in [0.1, 0.15) is 37.5 Å². The number of halogens is 1. The fraction of sp³-hybridized carbons (Fsp3) is 0.611. The molecule has 28 heavy (non-hydrogen) atoms. The molecule has 1 aromatic carbocycles. The van der Waals surface area contributed by atoms with Crippen LogP contribution in [0.3, 0.4) is 0 Å². The van der Waals surface area contributed by atoms with Gasteiger partial charge in [-0.05, 0) is 51.8 Å². The van der Waals surface area contributed by atoms with E-state index in [0.717, 1.165) is 11.3 Å². The molecule has 1 aliphatic rings. The molecule has 10 heteroatoms. The molecular formula is C18H28FN3O5S. The third-order valence-corrected chi connectivity index (χ3v) is 4.90. The maximum Gasteiger partial charge on any atom is 0.488 e. The first-order valence-corrected chi connectivity index (χ1v) is 10.3. The molecule has 2 N–H and O–H groups in total. The molecular weight excluding hydrogens is 389 g/mol. The third kappa shape index (κ3) is 5.48. The molecule has 2 rings (SSSR count). The second kappa shape index (κ2) is 8.12. The number of piperazine rings is 1. The number of nitrogens with two attached hydrogens (primary N) is 1. The summed E-state index contributed by atoms with van der Waals surface area (Å²) in [5.74, 6) is -0.0851. The molecule has 1 saturated heterocycles. The van der Waals surface area contributed by atoms with Crippen molar-refractivity contribution >= 4 is 22.3 Å². The average molecular weight is 418 g/mol. The first kappa shape index (κ1) is 22.2. The first-order chi connectivity index (χ1) is 12.8. The molecule has 0 aliphatic carbocycles. The minimum Gasteiger partial charge on any atom is -0.444 e. The van der Waals surface area contributed by atoms with Crippen LogP contribution in [0.4, 0.5) is 14.4 Å². The normalized spacial score (nSPS) is 15.5. The number of hydrogen-bond acceptors (Lipinski definition) is 7. The molecule has 1 heterocycles. The lowest BCUT2D eigenvalue weighted by atomic mass is 10.00. The zero-order valence-electron chi connectivity index (χ0n) is 16.9. The van der Waals surface area contributed by atoms with E-state index >= 15 is 0 Å². The van der Waals surface area contributed by atoms with E-state index in [9.17, 15) is 17.1 Å². The fourth-order valence-corrected chi connectivity index (χ4v) is 3.63. The molecule has 0 saturated carbocycles. The van der Waals surface area contributed by atoms with Crippen LogP contribution in [-0.2, 0) is 21.8 Å². The number of carbonyl (C=O) groups is 1. The number of carbonyl (C=O) groups excluding carboxylic acids is 1. The Balaban J connectivity index is 2.26. The number of anilines is 1. The van der Waals surface area contributed by atoms with Crippen LogP contribution >= 0.6 is 0 Å². The van der Waals surface area contributed by atoms with Crippen molar-refractivity contribution in [3.63, 3.8) is 0 Å². The third-order valence-electron chi connectivity index (χ3n) is 4.52. The Morgan fingerprint density at radius 2 is 1.75 bits per heavy atom. The fourth-order valence-electron chi connectivity index (χ4n) is 3.24. The van der Waals surface area contributed by atoms with Crippen LogP contribution in [-0.4, -0.2) is 51.2 Å². The number of ether oxygens (including phenoxy) is 1. The van der Waals surface area contributed by atoms with Gasteiger partial charge in [-0.2, -0.15) is 8.42 Å². The molecule has 1 amide bonds. The van der Waals surface area contributed by atoms with Gasteiger partial charge in [0.15, 0.2) is 5.75 Å². The number of nitrogens with zero attached hydrogens (tertiary/aromatic N) is 2. The molecule has 158 valence electrons. The van der Waals surface area contributed by atoms with Gasteiger partial charge in [-0.3, -0.25) is 0 Å². The zero-order valence-corrected chi connectivity index (χ0v) is 17.7. The van der Waals surface area contributed by atoms with Gasteiger partial charge < -0.3 is 24.5 Å². The number of hydrogen-bond donors (Lipinski definition) is 1. The molecule has 1 aliphatic heterocycles. The number of rotatable bonds is 4. The highest BCUT2D eigenvalue weighted by Gasteiger charge is 2.28. The lowest BCUT2D eigenvalue weighted by Crippen LogP contribution is -2.50. The smallest absolute Gasteiger partial charge is 0.444 e. The van der Waals surface area contributed by atoms with E-state index in [4.69, 9.17) is 10.5 Å². The van der Waals surface area contributed by atoms with Crippen molar-refractivity contribution in [2.75, 3.05) is 31.1 Å². The lowest BCUT2D eigenvalue weighted by molar-refractivity contribution is 0.0240. The quantitative estimate of drug-likeness (QED) is 0.751. The molecule has 0 unspecified atom stereocenters. The molecule has 0 spiro atoms. The standard InChI is InChI=1S/C18H28FN3O5S/c1-12-14(11-20)10-15(27-28(19,24)25)13(2)16(12)21-6-8-22(9-7-21)17(23)26-18(3,4)5/h10H,6-9,11,20H2,1-5H3. The SMILES string of the molecule is Cc1c(CN)cc(OS(=O)(=O)F)c(C)c1N1CCN(C(=O)OC(C)(C)C)CC1. The van der Waals surface area contributed by atoms with Crippen LogP contribution in [0.5, 0.6) is 5.75 Å². The Hall–Kier alpha value is -2.07. The topological polar surface area (TPSA) is 102 Å². The highest BCUT2D eigenvalue weighted by atomic mass is 32.3. The van der Waals surface area contributed by atoms with Crippen molar-refractivity contribution in [3.8, 4) is 5.75 Å². The summed E-state index contributed by atoms with van der Waals surface area (Å²) >= 11 is 0. The van der Waals surface area contributed by atoms with E-state index in [1.807, 2.05) is 32.6 Å². The summed E-state index contributed by atoms with van der Waals surface area (Å²) in [5, 5.41) is 0. The van der Waals surface area contributed by atoms with Gasteiger partial charge in [0.25, 0.3) is 0 Å². The Labute approximate surface area is 165 Å². The Morgan fingerprint density at radius 3 is 2.21 bits per heavy atom. The Bertz CT molecular complexity index is 844. The van der Waals surface area contributed by atoms with Gasteiger partial charge in [0.05, 0.1) is 0 Å². The minimum absolute atomic E-state index is 0.0851. The maximum absolute atomic E-state index is 13.1. The van der Waals surface area contributed by atoms with Gasteiger partial charge in [0.2, 0.25) is 0 Å². The Morgan fingerprint density at radius 1 is 1.18 bits per heavy atom. The van der Waals surface area contributed by atoms with Gasteiger partial charge in [-0.1, -0.05) is 3.89 Å². The molecule has 0 aromatic heterocycles. The highest BCUT2D eigenvalue weighted by molar-refractivity contribution is 7.81. The predicted octanol–water partition coefficient (Wildman–Crippen LogP) is 2.41. The van der Waals surface area contributed by atoms with E-state index in [1.54, 1.807) is 11.8 Å². The largest absolute Gasteiger partial charge is 0.488 e. The van der Waals surface area contributed by atoms with E-state index in [1.165, 1.54) is 6.07 Å². The summed E-state index contributed by atoms with van der Waals surface area (Å²) in [6.07, 6.45) is -0.371. The van der Waals surface area contributed by atoms with Crippen LogP contribution in [0, 0.1) is 13.8 Å². The Kier molecular flexibility index (Phi) is 6.44. The predicted molar refractivity (Wildman–Crippen MR) is 104 cm³/mol. The van der Waals surface area contributed by atoms with E-state index < -0.39 is 16.1 Å². The van der Waals surface area contributed by atoms with E-state index in [0.29, 0.717) is 37.3 Å². The molecule has 0 radical (unpaired) electrons. The summed E-state index contributed by atoms with van der Waals surface area (Å²) in [4.78, 5) is 15.9. The van der Waals surface area contributed by atoms with Crippen molar-refractivity contribution in [1.29, 1.82) is 0 Å². The van der Waals surface area contributed by atoms with Crippen molar-refractivity contribution in [1.82, 2.24) is 4.90 Å². The van der Waals surface area contributed by atoms with Gasteiger partial charge in [0, 0.05) is 44.0 Å². The van der Waals surface area contributed by atoms with Crippen LogP contribution in [0.15, 0.2) is 6.07 Å². The lowest BCUT2D eigenvalue weighted by Gasteiger charge is -2.38. The van der Waals surface area contributed by atoms with Gasteiger partial charge in [-0.15, -0.1) is 0 Å². The first-order valence-electron chi connectivity index (χ1n) is 9.02. The van der Waals surface area contributed by atoms with Crippen molar-refractivity contribution in [3.05, 3.63) is 22.8 Å². The zero-order chi connectivity index (χ0) is 21.3. The highest BCUT2D eigenvalue weighted by Crippen LogP contribution is 2.36. The summed E-state index contributed by atoms with van der Waals surface area (Å²) < 4.78 is 44.9. The minimum atomic E-state index is -5.15. The number of amides is 1. The van der Waals surface area contributed by atoms with E-state index in [2.05, 4.69) is 4.18 Å². The molecule has 0 atom stereocenters. The molecule has 1 fully saturated rings. The number of benzene rings is 1. The summed E-state index contributed by atoms with van der Waals surface area (Å²) in [6, 6.07) is 1.45. The van der Waals surface area contributed by atoms with Crippen LogP contribution in [0.25, 0.3) is 0 Å². The molecule has 0 bridgehead atoms. The molecule has 1 aromatic rings. The van der Waals surface area contributed by atoms with Crippen molar-refractivity contribution < 1.29 is 26.0 Å². The second-order valence-electron chi connectivity index (χ2n) is 7.77. The summed E-state index contributed by atoms with van der Waals surface area (Å²) in [5.41, 5.74) is 7.97.